The standard InChI is InChI=1S/C9H10NO2/c10-8-2-4-9(5-3-8)12-7-1-6-11/h2-5H,1,7,10H2. The fraction of sp³-hybridized carbons (Fsp3) is 0.222. The minimum atomic E-state index is 0.296. The highest BCUT2D eigenvalue weighted by atomic mass is 16.5. The summed E-state index contributed by atoms with van der Waals surface area (Å²) in [5, 5.41) is 0. The number of nitrogen functional groups attached to an aromatic ring is 1. The van der Waals surface area contributed by atoms with Gasteiger partial charge in [0.25, 0.3) is 0 Å². The van der Waals surface area contributed by atoms with E-state index in [0.717, 1.165) is 5.75 Å². The number of anilines is 1. The number of rotatable bonds is 4. The fourth-order valence-corrected chi connectivity index (χ4v) is 0.775. The lowest BCUT2D eigenvalue weighted by Gasteiger charge is -2.02. The maximum atomic E-state index is 9.82. The van der Waals surface area contributed by atoms with Crippen molar-refractivity contribution in [3.8, 4) is 5.75 Å². The Kier molecular flexibility index (Phi) is 3.14. The molecule has 1 rings (SSSR count). The molecular formula is C9H10NO2. The van der Waals surface area contributed by atoms with Gasteiger partial charge in [0.05, 0.1) is 6.61 Å². The highest BCUT2D eigenvalue weighted by Gasteiger charge is 1.91. The van der Waals surface area contributed by atoms with Crippen molar-refractivity contribution in [1.29, 1.82) is 0 Å². The first-order chi connectivity index (χ1) is 5.83. The van der Waals surface area contributed by atoms with E-state index in [2.05, 4.69) is 0 Å². The van der Waals surface area contributed by atoms with Gasteiger partial charge < -0.3 is 10.5 Å². The molecule has 0 aliphatic carbocycles. The fourth-order valence-electron chi connectivity index (χ4n) is 0.775. The zero-order valence-electron chi connectivity index (χ0n) is 6.62. The lowest BCUT2D eigenvalue weighted by molar-refractivity contribution is 0.326. The van der Waals surface area contributed by atoms with Crippen LogP contribution in [0.3, 0.4) is 0 Å². The Morgan fingerprint density at radius 3 is 2.58 bits per heavy atom. The van der Waals surface area contributed by atoms with E-state index in [9.17, 15) is 4.79 Å². The van der Waals surface area contributed by atoms with Crippen molar-refractivity contribution in [2.24, 2.45) is 0 Å². The molecule has 1 aromatic rings. The molecule has 0 unspecified atom stereocenters. The van der Waals surface area contributed by atoms with Crippen LogP contribution in [0, 0.1) is 0 Å². The third kappa shape index (κ3) is 2.62. The Balaban J connectivity index is 2.42. The quantitative estimate of drug-likeness (QED) is 0.536. The summed E-state index contributed by atoms with van der Waals surface area (Å²) in [6.07, 6.45) is 2.05. The second-order valence-electron chi connectivity index (χ2n) is 2.31. The lowest BCUT2D eigenvalue weighted by Crippen LogP contribution is -1.97. The van der Waals surface area contributed by atoms with Crippen LogP contribution in [0.2, 0.25) is 0 Å². The van der Waals surface area contributed by atoms with Gasteiger partial charge in [-0.2, -0.15) is 0 Å². The summed E-state index contributed by atoms with van der Waals surface area (Å²) in [5.74, 6) is 0.722. The van der Waals surface area contributed by atoms with Gasteiger partial charge in [-0.3, -0.25) is 4.79 Å². The van der Waals surface area contributed by atoms with Gasteiger partial charge in [-0.05, 0) is 24.3 Å². The lowest BCUT2D eigenvalue weighted by atomic mass is 10.3. The normalized spacial score (nSPS) is 9.33. The van der Waals surface area contributed by atoms with E-state index in [1.165, 1.54) is 0 Å². The summed E-state index contributed by atoms with van der Waals surface area (Å²) < 4.78 is 5.18. The van der Waals surface area contributed by atoms with Gasteiger partial charge in [-0.25, -0.2) is 0 Å². The smallest absolute Gasteiger partial charge is 0.201 e. The van der Waals surface area contributed by atoms with Crippen molar-refractivity contribution in [3.05, 3.63) is 24.3 Å². The molecule has 0 saturated carbocycles. The number of carbonyl (C=O) groups excluding carboxylic acids is 1. The van der Waals surface area contributed by atoms with Crippen molar-refractivity contribution >= 4 is 12.0 Å². The Morgan fingerprint density at radius 1 is 1.33 bits per heavy atom. The molecule has 0 spiro atoms. The molecule has 12 heavy (non-hydrogen) atoms. The van der Waals surface area contributed by atoms with Crippen LogP contribution in [-0.4, -0.2) is 12.9 Å². The van der Waals surface area contributed by atoms with Crippen molar-refractivity contribution in [2.75, 3.05) is 12.3 Å². The van der Waals surface area contributed by atoms with Crippen LogP contribution in [0.5, 0.6) is 5.75 Å². The average Bonchev–Trinajstić information content (AvgIpc) is 2.09. The predicted molar refractivity (Wildman–Crippen MR) is 46.7 cm³/mol. The molecule has 0 atom stereocenters. The predicted octanol–water partition coefficient (Wildman–Crippen LogP) is 1.15. The molecule has 0 fully saturated rings. The van der Waals surface area contributed by atoms with Crippen LogP contribution < -0.4 is 10.5 Å². The maximum Gasteiger partial charge on any atom is 0.201 e. The van der Waals surface area contributed by atoms with Crippen molar-refractivity contribution in [2.45, 2.75) is 6.42 Å². The van der Waals surface area contributed by atoms with E-state index in [1.807, 2.05) is 0 Å². The van der Waals surface area contributed by atoms with Crippen LogP contribution in [-0.2, 0) is 4.79 Å². The topological polar surface area (TPSA) is 52.3 Å². The zero-order chi connectivity index (χ0) is 8.81. The monoisotopic (exact) mass is 164 g/mol. The van der Waals surface area contributed by atoms with Crippen molar-refractivity contribution in [1.82, 2.24) is 0 Å². The van der Waals surface area contributed by atoms with Gasteiger partial charge in [-0.1, -0.05) is 0 Å². The first kappa shape index (κ1) is 8.59. The molecule has 2 N–H and O–H groups in total. The van der Waals surface area contributed by atoms with Crippen LogP contribution in [0.15, 0.2) is 24.3 Å². The van der Waals surface area contributed by atoms with E-state index in [1.54, 1.807) is 30.6 Å². The van der Waals surface area contributed by atoms with Crippen LogP contribution in [0.25, 0.3) is 0 Å². The third-order valence-corrected chi connectivity index (χ3v) is 1.35. The molecule has 1 aromatic carbocycles. The van der Waals surface area contributed by atoms with Gasteiger partial charge in [0, 0.05) is 12.1 Å². The van der Waals surface area contributed by atoms with Crippen LogP contribution >= 0.6 is 0 Å². The van der Waals surface area contributed by atoms with Gasteiger partial charge in [0.1, 0.15) is 5.75 Å². The first-order valence-electron chi connectivity index (χ1n) is 3.66. The summed E-state index contributed by atoms with van der Waals surface area (Å²) in [7, 11) is 0. The highest BCUT2D eigenvalue weighted by molar-refractivity contribution is 5.50. The molecule has 0 saturated heterocycles. The number of hydrogen-bond donors (Lipinski definition) is 1. The Bertz CT molecular complexity index is 243. The zero-order valence-corrected chi connectivity index (χ0v) is 6.62. The molecule has 0 bridgehead atoms. The highest BCUT2D eigenvalue weighted by Crippen LogP contribution is 2.12. The van der Waals surface area contributed by atoms with E-state index < -0.39 is 0 Å². The van der Waals surface area contributed by atoms with Crippen molar-refractivity contribution in [3.63, 3.8) is 0 Å². The molecule has 0 aliphatic rings. The van der Waals surface area contributed by atoms with Gasteiger partial charge in [-0.15, -0.1) is 0 Å². The van der Waals surface area contributed by atoms with Gasteiger partial charge in [0.2, 0.25) is 6.29 Å². The molecule has 63 valence electrons. The number of benzene rings is 1. The molecule has 0 amide bonds. The van der Waals surface area contributed by atoms with Crippen LogP contribution in [0.1, 0.15) is 6.42 Å². The molecule has 0 aliphatic heterocycles. The molecule has 0 aromatic heterocycles. The summed E-state index contributed by atoms with van der Waals surface area (Å²) in [6, 6.07) is 7.03. The molecule has 1 radical (unpaired) electrons. The van der Waals surface area contributed by atoms with E-state index in [0.29, 0.717) is 18.7 Å². The summed E-state index contributed by atoms with van der Waals surface area (Å²) in [5.41, 5.74) is 6.16. The minimum Gasteiger partial charge on any atom is -0.493 e. The average molecular weight is 164 g/mol. The Labute approximate surface area is 71.1 Å². The first-order valence-corrected chi connectivity index (χ1v) is 3.66. The molecule has 3 heteroatoms. The minimum absolute atomic E-state index is 0.296. The van der Waals surface area contributed by atoms with Gasteiger partial charge in [0.15, 0.2) is 0 Å². The second-order valence-corrected chi connectivity index (χ2v) is 2.31. The SMILES string of the molecule is Nc1ccc(OCC[C]=O)cc1. The summed E-state index contributed by atoms with van der Waals surface area (Å²) in [4.78, 5) is 9.82. The van der Waals surface area contributed by atoms with Gasteiger partial charge >= 0.3 is 0 Å². The third-order valence-electron chi connectivity index (χ3n) is 1.35. The Hall–Kier alpha value is -1.51. The van der Waals surface area contributed by atoms with E-state index >= 15 is 0 Å². The summed E-state index contributed by atoms with van der Waals surface area (Å²) >= 11 is 0. The maximum absolute atomic E-state index is 9.82. The van der Waals surface area contributed by atoms with E-state index in [-0.39, 0.29) is 0 Å². The molecule has 3 nitrogen and oxygen atoms in total. The van der Waals surface area contributed by atoms with Crippen LogP contribution in [0.4, 0.5) is 5.69 Å². The largest absolute Gasteiger partial charge is 0.493 e. The second kappa shape index (κ2) is 4.38. The molecular weight excluding hydrogens is 154 g/mol. The molecule has 0 heterocycles. The van der Waals surface area contributed by atoms with Crippen molar-refractivity contribution < 1.29 is 9.53 Å². The van der Waals surface area contributed by atoms with E-state index in [4.69, 9.17) is 10.5 Å². The number of ether oxygens (including phenoxy) is 1. The number of hydrogen-bond acceptors (Lipinski definition) is 3. The number of nitrogens with two attached hydrogens (primary N) is 1. The summed E-state index contributed by atoms with van der Waals surface area (Å²) in [6.45, 7) is 0.368. The Morgan fingerprint density at radius 2 is 2.00 bits per heavy atom.